The Morgan fingerprint density at radius 1 is 0.807 bits per heavy atom. The number of nitrogens with two attached hydrogens (primary N) is 1. The highest BCUT2D eigenvalue weighted by Crippen LogP contribution is 2.41. The van der Waals surface area contributed by atoms with Gasteiger partial charge < -0.3 is 64.5 Å². The van der Waals surface area contributed by atoms with Gasteiger partial charge in [0.1, 0.15) is 24.2 Å². The summed E-state index contributed by atoms with van der Waals surface area (Å²) < 4.78 is 24.9. The lowest BCUT2D eigenvalue weighted by Crippen LogP contribution is -2.54. The summed E-state index contributed by atoms with van der Waals surface area (Å²) in [5.74, 6) is 0.242. The molecule has 6 fully saturated rings. The molecule has 2 aliphatic carbocycles. The van der Waals surface area contributed by atoms with Crippen molar-refractivity contribution in [1.82, 2.24) is 40.4 Å². The van der Waals surface area contributed by atoms with Gasteiger partial charge in [-0.3, -0.25) is 9.59 Å². The first-order valence-electron chi connectivity index (χ1n) is 29.6. The van der Waals surface area contributed by atoms with Crippen LogP contribution in [0, 0.1) is 12.8 Å². The minimum Gasteiger partial charge on any atom is -0.474 e. The number of β-amino-alcohol motifs (C(OH)–C–C–N with tert-alkyl or cyclic N) is 1. The number of likely N-dealkylation sites (tertiary alicyclic amines) is 2. The van der Waals surface area contributed by atoms with E-state index >= 15 is 0 Å². The number of amides is 3. The van der Waals surface area contributed by atoms with Crippen molar-refractivity contribution < 1.29 is 43.3 Å². The fraction of sp³-hybridized carbons (Fsp3) is 0.541. The highest BCUT2D eigenvalue weighted by Gasteiger charge is 2.45. The number of nitrogens with zero attached hydrogens (tertiary/aromatic N) is 10. The van der Waals surface area contributed by atoms with Crippen molar-refractivity contribution in [2.75, 3.05) is 66.2 Å². The Morgan fingerprint density at radius 2 is 1.54 bits per heavy atom. The quantitative estimate of drug-likeness (QED) is 0.0770. The number of allylic oxidation sites excluding steroid dienone is 2. The van der Waals surface area contributed by atoms with E-state index in [0.717, 1.165) is 84.7 Å². The molecule has 5 aliphatic heterocycles. The van der Waals surface area contributed by atoms with Gasteiger partial charge in [-0.1, -0.05) is 67.6 Å². The minimum absolute atomic E-state index is 0.0184. The maximum absolute atomic E-state index is 14.4. The first kappa shape index (κ1) is 56.3. The Balaban J connectivity index is 0.560. The van der Waals surface area contributed by atoms with Gasteiger partial charge in [-0.2, -0.15) is 5.10 Å². The normalized spacial score (nSPS) is 26.3. The van der Waals surface area contributed by atoms with E-state index in [4.69, 9.17) is 24.5 Å². The number of thiazole rings is 1. The van der Waals surface area contributed by atoms with Gasteiger partial charge in [0.25, 0.3) is 0 Å². The average molecular weight is 1150 g/mol. The molecular formula is C61H76N12O9S. The molecule has 3 amide bonds. The number of anilines is 4. The van der Waals surface area contributed by atoms with Crippen molar-refractivity contribution in [1.29, 1.82) is 0 Å². The molecule has 2 bridgehead atoms. The van der Waals surface area contributed by atoms with E-state index in [1.165, 1.54) is 4.90 Å². The number of piperazine rings is 1. The third kappa shape index (κ3) is 12.1. The molecule has 1 aromatic carbocycles. The van der Waals surface area contributed by atoms with E-state index in [1.807, 2.05) is 88.0 Å². The standard InChI is InChI=1S/C61H76N12O9S/c1-35(2)56(60(77)72-33-43(74)26-51(72)59(76)65-36(3)38-9-11-39(12-10-38)57-37(4)64-34-83-57)53-30-54(68-82-53)69-21-16-45(17-22-69)81-61(78)70-23-18-44(19-24-70)79-46-27-47(28-46)80-55-25-40(15-20-63-55)73-41-13-14-42(73)32-71(31-41)50-29-49(66-67-58(50)62)48-7-5-6-8-52(48)75/h5-12,15,20,25,29-30,34-36,41-48,51-52,56,74-75H,13-14,16-19,21-24,26-28,31-33H2,1-4H3,(H2,62,67)(H,65,76)/t36-,41?,42?,43+,46?,47?,48?,51-,52?,56-/m0/s1. The number of nitrogens with one attached hydrogen (secondary N) is 1. The molecule has 12 rings (SSSR count). The molecular weight excluding hydrogens is 1080 g/mol. The Bertz CT molecular complexity index is 3150. The molecule has 9 heterocycles. The van der Waals surface area contributed by atoms with Crippen LogP contribution in [0.15, 0.2) is 89.1 Å². The number of pyridine rings is 1. The zero-order chi connectivity index (χ0) is 57.5. The lowest BCUT2D eigenvalue weighted by Gasteiger charge is -2.43. The second-order valence-electron chi connectivity index (χ2n) is 23.9. The van der Waals surface area contributed by atoms with E-state index in [2.05, 4.69) is 57.5 Å². The van der Waals surface area contributed by atoms with Crippen LogP contribution in [0.3, 0.4) is 0 Å². The Labute approximate surface area is 487 Å². The van der Waals surface area contributed by atoms with Crippen LogP contribution in [-0.2, 0) is 19.1 Å². The van der Waals surface area contributed by atoms with Crippen LogP contribution in [0.4, 0.5) is 27.8 Å². The van der Waals surface area contributed by atoms with Crippen molar-refractivity contribution in [3.8, 4) is 16.3 Å². The molecule has 7 aliphatic rings. The Morgan fingerprint density at radius 3 is 2.25 bits per heavy atom. The minimum atomic E-state index is -0.841. The van der Waals surface area contributed by atoms with Gasteiger partial charge in [0, 0.05) is 114 Å². The molecule has 0 radical (unpaired) electrons. The van der Waals surface area contributed by atoms with E-state index in [-0.39, 0.29) is 85.3 Å². The summed E-state index contributed by atoms with van der Waals surface area (Å²) in [5.41, 5.74) is 13.9. The van der Waals surface area contributed by atoms with E-state index in [0.29, 0.717) is 68.0 Å². The van der Waals surface area contributed by atoms with Crippen molar-refractivity contribution in [2.24, 2.45) is 5.92 Å². The van der Waals surface area contributed by atoms with E-state index < -0.39 is 24.2 Å². The third-order valence-electron chi connectivity index (χ3n) is 18.0. The summed E-state index contributed by atoms with van der Waals surface area (Å²) in [4.78, 5) is 61.9. The predicted molar refractivity (Wildman–Crippen MR) is 313 cm³/mol. The van der Waals surface area contributed by atoms with E-state index in [9.17, 15) is 24.6 Å². The summed E-state index contributed by atoms with van der Waals surface area (Å²) in [6.07, 6.45) is 14.0. The zero-order valence-electron chi connectivity index (χ0n) is 47.6. The number of hydrogen-bond donors (Lipinski definition) is 4. The van der Waals surface area contributed by atoms with Gasteiger partial charge in [0.15, 0.2) is 17.4 Å². The summed E-state index contributed by atoms with van der Waals surface area (Å²) >= 11 is 1.59. The van der Waals surface area contributed by atoms with Gasteiger partial charge in [-0.15, -0.1) is 16.4 Å². The van der Waals surface area contributed by atoms with Crippen LogP contribution in [-0.4, -0.2) is 164 Å². The number of piperidine rings is 2. The number of aliphatic hydroxyl groups excluding tert-OH is 2. The van der Waals surface area contributed by atoms with Crippen molar-refractivity contribution in [2.45, 2.75) is 158 Å². The SMILES string of the molecule is Cc1ncsc1-c1ccc([C@H](C)NC(=O)[C@@H]2C[C@@H](O)CN2C(=O)[C@H](c2cc(N3CCC(OC(=O)N4CCC(OC5CC(Oc6cc(N7C8CCC7CN(c7cc(C9C=CC=CC9O)nnc7N)C8)ccn6)C5)CC4)CC3)no2)C(C)C)cc1. The molecule has 5 N–H and O–H groups in total. The summed E-state index contributed by atoms with van der Waals surface area (Å²) in [5, 5.41) is 37.5. The van der Waals surface area contributed by atoms with Crippen molar-refractivity contribution >= 4 is 52.3 Å². The fourth-order valence-corrected chi connectivity index (χ4v) is 14.1. The highest BCUT2D eigenvalue weighted by atomic mass is 32.1. The van der Waals surface area contributed by atoms with Crippen LogP contribution in [0.1, 0.15) is 119 Å². The maximum Gasteiger partial charge on any atom is 0.410 e. The molecule has 4 aromatic heterocycles. The molecule has 0 spiro atoms. The largest absolute Gasteiger partial charge is 0.474 e. The first-order chi connectivity index (χ1) is 40.2. The number of aliphatic hydroxyl groups is 2. The maximum atomic E-state index is 14.4. The van der Waals surface area contributed by atoms with Crippen LogP contribution in [0.5, 0.6) is 5.88 Å². The summed E-state index contributed by atoms with van der Waals surface area (Å²) in [7, 11) is 0. The molecule has 5 aromatic rings. The lowest BCUT2D eigenvalue weighted by molar-refractivity contribution is -0.141. The topological polar surface area (TPSA) is 251 Å². The predicted octanol–water partition coefficient (Wildman–Crippen LogP) is 7.08. The van der Waals surface area contributed by atoms with Gasteiger partial charge in [-0.05, 0) is 68.7 Å². The van der Waals surface area contributed by atoms with E-state index in [1.54, 1.807) is 28.4 Å². The Hall–Kier alpha value is -7.14. The first-order valence-corrected chi connectivity index (χ1v) is 30.5. The number of carbonyl (C=O) groups is 3. The van der Waals surface area contributed by atoms with Gasteiger partial charge >= 0.3 is 6.09 Å². The molecule has 22 heteroatoms. The van der Waals surface area contributed by atoms with Gasteiger partial charge in [-0.25, -0.2) is 14.8 Å². The lowest BCUT2D eigenvalue weighted by atomic mass is 9.91. The van der Waals surface area contributed by atoms with Crippen LogP contribution in [0.25, 0.3) is 10.4 Å². The second kappa shape index (κ2) is 24.2. The van der Waals surface area contributed by atoms with Crippen LogP contribution < -0.4 is 30.5 Å². The smallest absolute Gasteiger partial charge is 0.410 e. The van der Waals surface area contributed by atoms with Gasteiger partial charge in [0.05, 0.1) is 63.8 Å². The molecule has 5 saturated heterocycles. The zero-order valence-corrected chi connectivity index (χ0v) is 48.4. The number of aromatic nitrogens is 5. The number of rotatable bonds is 16. The third-order valence-corrected chi connectivity index (χ3v) is 18.9. The fourth-order valence-electron chi connectivity index (χ4n) is 13.3. The number of carbonyl (C=O) groups excluding carboxylic acids is 3. The monoisotopic (exact) mass is 1150 g/mol. The molecule has 8 atom stereocenters. The van der Waals surface area contributed by atoms with Crippen LogP contribution >= 0.6 is 11.3 Å². The number of ether oxygens (including phenoxy) is 3. The highest BCUT2D eigenvalue weighted by molar-refractivity contribution is 7.13. The van der Waals surface area contributed by atoms with Crippen molar-refractivity contribution in [3.63, 3.8) is 0 Å². The molecule has 4 unspecified atom stereocenters. The second-order valence-corrected chi connectivity index (χ2v) is 24.8. The van der Waals surface area contributed by atoms with Crippen LogP contribution in [0.2, 0.25) is 0 Å². The molecule has 1 saturated carbocycles. The van der Waals surface area contributed by atoms with Gasteiger partial charge in [0.2, 0.25) is 17.7 Å². The average Bonchev–Trinajstić information content (AvgIpc) is 4.03. The molecule has 83 heavy (non-hydrogen) atoms. The number of fused-ring (bicyclic) bond motifs is 2. The number of aryl methyl sites for hydroxylation is 1. The Kier molecular flexibility index (Phi) is 16.4. The summed E-state index contributed by atoms with van der Waals surface area (Å²) in [6, 6.07) is 15.4. The number of benzene rings is 1. The summed E-state index contributed by atoms with van der Waals surface area (Å²) in [6.45, 7) is 11.7. The number of hydrogen-bond acceptors (Lipinski definition) is 19. The number of nitrogen functional groups attached to an aromatic ring is 1. The molecule has 440 valence electrons. The molecule has 21 nitrogen and oxygen atoms in total. The van der Waals surface area contributed by atoms with Crippen molar-refractivity contribution in [3.05, 3.63) is 107 Å².